The van der Waals surface area contributed by atoms with Gasteiger partial charge >= 0.3 is 5.97 Å². The average Bonchev–Trinajstić information content (AvgIpc) is 3.12. The summed E-state index contributed by atoms with van der Waals surface area (Å²) in [6, 6.07) is 9.88. The molecule has 0 radical (unpaired) electrons. The zero-order valence-electron chi connectivity index (χ0n) is 14.8. The standard InChI is InChI=1S/C19H18ClNO6/c1-3-24-15-7-5-4-6-14(15)21-18(22)11(2)27-19(23)12-8-13(20)17-16(9-12)25-10-26-17/h4-9,11H,3,10H2,1-2H3,(H,21,22). The van der Waals surface area contributed by atoms with Gasteiger partial charge in [0.15, 0.2) is 17.6 Å². The Bertz CT molecular complexity index is 869. The van der Waals surface area contributed by atoms with E-state index in [0.717, 1.165) is 0 Å². The maximum absolute atomic E-state index is 12.4. The molecule has 0 aliphatic carbocycles. The third-order valence-electron chi connectivity index (χ3n) is 3.76. The van der Waals surface area contributed by atoms with Gasteiger partial charge in [-0.1, -0.05) is 23.7 Å². The van der Waals surface area contributed by atoms with Crippen LogP contribution >= 0.6 is 11.6 Å². The number of hydrogen-bond acceptors (Lipinski definition) is 6. The van der Waals surface area contributed by atoms with E-state index < -0.39 is 18.0 Å². The molecule has 8 heteroatoms. The van der Waals surface area contributed by atoms with E-state index in [9.17, 15) is 9.59 Å². The molecule has 1 N–H and O–H groups in total. The molecule has 0 bridgehead atoms. The molecule has 1 amide bonds. The normalized spacial score (nSPS) is 13.0. The topological polar surface area (TPSA) is 83.1 Å². The van der Waals surface area contributed by atoms with E-state index >= 15 is 0 Å². The number of anilines is 1. The van der Waals surface area contributed by atoms with Crippen LogP contribution in [0.25, 0.3) is 0 Å². The summed E-state index contributed by atoms with van der Waals surface area (Å²) in [6.45, 7) is 3.82. The van der Waals surface area contributed by atoms with Gasteiger partial charge in [0.05, 0.1) is 22.9 Å². The predicted molar refractivity (Wildman–Crippen MR) is 98.7 cm³/mol. The van der Waals surface area contributed by atoms with Crippen LogP contribution in [-0.4, -0.2) is 31.4 Å². The fourth-order valence-electron chi connectivity index (χ4n) is 2.45. The second-order valence-corrected chi connectivity index (χ2v) is 6.07. The summed E-state index contributed by atoms with van der Waals surface area (Å²) in [6.07, 6.45) is -1.03. The van der Waals surface area contributed by atoms with Crippen LogP contribution in [0.1, 0.15) is 24.2 Å². The molecular weight excluding hydrogens is 374 g/mol. The lowest BCUT2D eigenvalue weighted by atomic mass is 10.2. The smallest absolute Gasteiger partial charge is 0.339 e. The summed E-state index contributed by atoms with van der Waals surface area (Å²) < 4.78 is 21.1. The van der Waals surface area contributed by atoms with Crippen LogP contribution in [-0.2, 0) is 9.53 Å². The van der Waals surface area contributed by atoms with Crippen molar-refractivity contribution in [2.45, 2.75) is 20.0 Å². The Morgan fingerprint density at radius 1 is 1.26 bits per heavy atom. The van der Waals surface area contributed by atoms with Gasteiger partial charge in [-0.25, -0.2) is 4.79 Å². The lowest BCUT2D eigenvalue weighted by Gasteiger charge is -2.16. The third kappa shape index (κ3) is 4.25. The van der Waals surface area contributed by atoms with Gasteiger partial charge in [-0.05, 0) is 38.1 Å². The molecule has 3 rings (SSSR count). The molecule has 142 valence electrons. The lowest BCUT2D eigenvalue weighted by Crippen LogP contribution is -2.30. The van der Waals surface area contributed by atoms with E-state index in [-0.39, 0.29) is 17.4 Å². The van der Waals surface area contributed by atoms with Crippen molar-refractivity contribution in [3.05, 3.63) is 47.0 Å². The second-order valence-electron chi connectivity index (χ2n) is 5.66. The number of fused-ring (bicyclic) bond motifs is 1. The van der Waals surface area contributed by atoms with E-state index in [4.69, 9.17) is 30.5 Å². The Morgan fingerprint density at radius 3 is 2.81 bits per heavy atom. The van der Waals surface area contributed by atoms with Crippen LogP contribution in [0.3, 0.4) is 0 Å². The summed E-state index contributed by atoms with van der Waals surface area (Å²) in [5.74, 6) is 0.0939. The van der Waals surface area contributed by atoms with Gasteiger partial charge < -0.3 is 24.3 Å². The number of carbonyl (C=O) groups is 2. The zero-order valence-corrected chi connectivity index (χ0v) is 15.5. The molecular formula is C19H18ClNO6. The lowest BCUT2D eigenvalue weighted by molar-refractivity contribution is -0.123. The Balaban J connectivity index is 1.66. The highest BCUT2D eigenvalue weighted by molar-refractivity contribution is 6.32. The van der Waals surface area contributed by atoms with E-state index in [2.05, 4.69) is 5.32 Å². The zero-order chi connectivity index (χ0) is 19.4. The Hall–Kier alpha value is -2.93. The number of rotatable bonds is 6. The Morgan fingerprint density at radius 2 is 2.04 bits per heavy atom. The first-order valence-electron chi connectivity index (χ1n) is 8.32. The highest BCUT2D eigenvalue weighted by Crippen LogP contribution is 2.40. The van der Waals surface area contributed by atoms with Gasteiger partial charge in [-0.15, -0.1) is 0 Å². The van der Waals surface area contributed by atoms with Crippen LogP contribution < -0.4 is 19.5 Å². The highest BCUT2D eigenvalue weighted by Gasteiger charge is 2.24. The van der Waals surface area contributed by atoms with Gasteiger partial charge in [-0.3, -0.25) is 4.79 Å². The van der Waals surface area contributed by atoms with Gasteiger partial charge in [0.2, 0.25) is 6.79 Å². The van der Waals surface area contributed by atoms with Crippen LogP contribution in [0.5, 0.6) is 17.2 Å². The van der Waals surface area contributed by atoms with Crippen LogP contribution in [0.15, 0.2) is 36.4 Å². The molecule has 1 aliphatic rings. The predicted octanol–water partition coefficient (Wildman–Crippen LogP) is 3.65. The van der Waals surface area contributed by atoms with Crippen molar-refractivity contribution >= 4 is 29.2 Å². The van der Waals surface area contributed by atoms with E-state index in [1.807, 2.05) is 6.92 Å². The summed E-state index contributed by atoms with van der Waals surface area (Å²) in [7, 11) is 0. The fourth-order valence-corrected chi connectivity index (χ4v) is 2.72. The number of halogens is 1. The average molecular weight is 392 g/mol. The van der Waals surface area contributed by atoms with Crippen molar-refractivity contribution in [1.82, 2.24) is 0 Å². The number of benzene rings is 2. The highest BCUT2D eigenvalue weighted by atomic mass is 35.5. The number of para-hydroxylation sites is 2. The minimum atomic E-state index is -1.03. The maximum Gasteiger partial charge on any atom is 0.339 e. The quantitative estimate of drug-likeness (QED) is 0.757. The largest absolute Gasteiger partial charge is 0.492 e. The number of hydrogen-bond donors (Lipinski definition) is 1. The van der Waals surface area contributed by atoms with Gasteiger partial charge in [-0.2, -0.15) is 0 Å². The number of nitrogens with one attached hydrogen (secondary N) is 1. The summed E-state index contributed by atoms with van der Waals surface area (Å²) >= 11 is 6.07. The van der Waals surface area contributed by atoms with Gasteiger partial charge in [0.1, 0.15) is 5.75 Å². The Kier molecular flexibility index (Phi) is 5.71. The van der Waals surface area contributed by atoms with Crippen molar-refractivity contribution < 1.29 is 28.5 Å². The molecule has 1 atom stereocenters. The van der Waals surface area contributed by atoms with Crippen LogP contribution in [0.4, 0.5) is 5.69 Å². The maximum atomic E-state index is 12.4. The number of ether oxygens (including phenoxy) is 4. The summed E-state index contributed by atoms with van der Waals surface area (Å²) in [5.41, 5.74) is 0.664. The van der Waals surface area contributed by atoms with Crippen molar-refractivity contribution in [1.29, 1.82) is 0 Å². The molecule has 7 nitrogen and oxygen atoms in total. The van der Waals surface area contributed by atoms with E-state index in [1.54, 1.807) is 24.3 Å². The van der Waals surface area contributed by atoms with Crippen LogP contribution in [0.2, 0.25) is 5.02 Å². The molecule has 0 saturated carbocycles. The molecule has 1 heterocycles. The molecule has 2 aromatic rings. The first-order chi connectivity index (χ1) is 13.0. The van der Waals surface area contributed by atoms with Crippen molar-refractivity contribution in [2.24, 2.45) is 0 Å². The van der Waals surface area contributed by atoms with Crippen LogP contribution in [0, 0.1) is 0 Å². The summed E-state index contributed by atoms with van der Waals surface area (Å²) in [4.78, 5) is 24.7. The SMILES string of the molecule is CCOc1ccccc1NC(=O)C(C)OC(=O)c1cc(Cl)c2c(c1)OCO2. The number of carbonyl (C=O) groups excluding carboxylic acids is 2. The molecule has 0 spiro atoms. The van der Waals surface area contributed by atoms with E-state index in [1.165, 1.54) is 19.1 Å². The first kappa shape index (κ1) is 18.8. The molecule has 27 heavy (non-hydrogen) atoms. The molecule has 2 aromatic carbocycles. The van der Waals surface area contributed by atoms with Gasteiger partial charge in [0, 0.05) is 0 Å². The first-order valence-corrected chi connectivity index (χ1v) is 8.70. The van der Waals surface area contributed by atoms with Crippen molar-refractivity contribution in [3.63, 3.8) is 0 Å². The monoisotopic (exact) mass is 391 g/mol. The number of amides is 1. The molecule has 0 saturated heterocycles. The molecule has 0 fully saturated rings. The molecule has 0 aromatic heterocycles. The summed E-state index contributed by atoms with van der Waals surface area (Å²) in [5, 5.41) is 2.93. The van der Waals surface area contributed by atoms with Crippen molar-refractivity contribution in [3.8, 4) is 17.2 Å². The second kappa shape index (κ2) is 8.18. The number of esters is 1. The fraction of sp³-hybridized carbons (Fsp3) is 0.263. The van der Waals surface area contributed by atoms with Gasteiger partial charge in [0.25, 0.3) is 5.91 Å². The molecule has 1 unspecified atom stereocenters. The minimum Gasteiger partial charge on any atom is -0.492 e. The Labute approximate surface area is 161 Å². The third-order valence-corrected chi connectivity index (χ3v) is 4.04. The minimum absolute atomic E-state index is 0.0333. The van der Waals surface area contributed by atoms with E-state index in [0.29, 0.717) is 29.5 Å². The van der Waals surface area contributed by atoms with Crippen molar-refractivity contribution in [2.75, 3.05) is 18.7 Å². The molecule has 1 aliphatic heterocycles.